The van der Waals surface area contributed by atoms with Crippen molar-refractivity contribution in [1.29, 1.82) is 0 Å². The van der Waals surface area contributed by atoms with Gasteiger partial charge in [-0.2, -0.15) is 0 Å². The Hall–Kier alpha value is -2.40. The quantitative estimate of drug-likeness (QED) is 0.112. The Morgan fingerprint density at radius 1 is 0.787 bits per heavy atom. The van der Waals surface area contributed by atoms with Crippen LogP contribution in [0.5, 0.6) is 0 Å². The van der Waals surface area contributed by atoms with Crippen LogP contribution in [0.15, 0.2) is 0 Å². The van der Waals surface area contributed by atoms with Crippen LogP contribution in [0.2, 0.25) is 0 Å². The van der Waals surface area contributed by atoms with E-state index in [9.17, 15) is 39.6 Å². The molecule has 0 aliphatic carbocycles. The second kappa shape index (κ2) is 19.6. The van der Waals surface area contributed by atoms with Crippen LogP contribution in [-0.2, 0) is 52.3 Å². The lowest BCUT2D eigenvalue weighted by Crippen LogP contribution is -2.64. The molecule has 2 unspecified atom stereocenters. The van der Waals surface area contributed by atoms with Gasteiger partial charge >= 0.3 is 23.9 Å². The Labute approximate surface area is 276 Å². The Morgan fingerprint density at radius 3 is 1.81 bits per heavy atom. The minimum atomic E-state index is -2.38. The van der Waals surface area contributed by atoms with Gasteiger partial charge in [-0.3, -0.25) is 19.2 Å². The smallest absolute Gasteiger partial charge is 0.306 e. The molecule has 0 amide bonds. The Kier molecular flexibility index (Phi) is 17.0. The number of aliphatic hydroxyl groups excluding tert-OH is 4. The summed E-state index contributed by atoms with van der Waals surface area (Å²) in [5.74, 6) is -4.56. The van der Waals surface area contributed by atoms with Gasteiger partial charge in [0.05, 0.1) is 6.61 Å². The molecule has 0 bridgehead atoms. The maximum absolute atomic E-state index is 13.1. The van der Waals surface area contributed by atoms with Crippen molar-refractivity contribution < 1.29 is 72.8 Å². The summed E-state index contributed by atoms with van der Waals surface area (Å²) in [5, 5.41) is 43.1. The molecular weight excluding hydrogens is 624 g/mol. The molecule has 15 nitrogen and oxygen atoms in total. The number of rotatable bonds is 19. The van der Waals surface area contributed by atoms with E-state index >= 15 is 0 Å². The van der Waals surface area contributed by atoms with Crippen molar-refractivity contribution in [3.8, 4) is 0 Å². The average Bonchev–Trinajstić information content (AvgIpc) is 3.26. The van der Waals surface area contributed by atoms with Gasteiger partial charge < -0.3 is 53.6 Å². The van der Waals surface area contributed by atoms with Gasteiger partial charge in [0.1, 0.15) is 43.7 Å². The molecule has 11 atom stereocenters. The van der Waals surface area contributed by atoms with Crippen molar-refractivity contribution in [3.05, 3.63) is 0 Å². The summed E-state index contributed by atoms with van der Waals surface area (Å²) in [6.45, 7) is 8.28. The van der Waals surface area contributed by atoms with E-state index in [1.165, 1.54) is 0 Å². The maximum Gasteiger partial charge on any atom is 0.306 e. The molecule has 272 valence electrons. The first-order valence-corrected chi connectivity index (χ1v) is 16.5. The highest BCUT2D eigenvalue weighted by atomic mass is 16.8. The van der Waals surface area contributed by atoms with E-state index < -0.39 is 98.5 Å². The maximum atomic E-state index is 13.1. The van der Waals surface area contributed by atoms with Gasteiger partial charge in [0.15, 0.2) is 12.2 Å². The number of hydrogen-bond acceptors (Lipinski definition) is 15. The molecule has 0 aromatic heterocycles. The number of esters is 4. The van der Waals surface area contributed by atoms with E-state index in [1.807, 2.05) is 20.8 Å². The molecule has 2 fully saturated rings. The van der Waals surface area contributed by atoms with E-state index in [0.717, 1.165) is 39.5 Å². The zero-order chi connectivity index (χ0) is 35.3. The molecule has 2 rings (SSSR count). The molecule has 47 heavy (non-hydrogen) atoms. The van der Waals surface area contributed by atoms with Crippen LogP contribution in [0.1, 0.15) is 92.9 Å². The first-order chi connectivity index (χ1) is 22.2. The van der Waals surface area contributed by atoms with Gasteiger partial charge in [-0.15, -0.1) is 0 Å². The summed E-state index contributed by atoms with van der Waals surface area (Å²) in [6.07, 6.45) is -8.83. The predicted molar refractivity (Wildman–Crippen MR) is 162 cm³/mol. The average molecular weight is 679 g/mol. The molecule has 15 heteroatoms. The lowest BCUT2D eigenvalue weighted by molar-refractivity contribution is -0.384. The normalized spacial score (nSPS) is 31.9. The molecule has 2 saturated heterocycles. The van der Waals surface area contributed by atoms with Crippen LogP contribution in [0.25, 0.3) is 0 Å². The Bertz CT molecular complexity index is 1010. The van der Waals surface area contributed by atoms with Gasteiger partial charge in [-0.25, -0.2) is 0 Å². The van der Waals surface area contributed by atoms with Gasteiger partial charge in [0.2, 0.25) is 12.1 Å². The summed E-state index contributed by atoms with van der Waals surface area (Å²) in [4.78, 5) is 49.3. The number of ether oxygens (including phenoxy) is 7. The number of aliphatic hydroxyl groups is 4. The summed E-state index contributed by atoms with van der Waals surface area (Å²) >= 11 is 0. The van der Waals surface area contributed by atoms with Gasteiger partial charge in [-0.1, -0.05) is 53.4 Å². The highest BCUT2D eigenvalue weighted by Crippen LogP contribution is 2.38. The summed E-state index contributed by atoms with van der Waals surface area (Å²) < 4.78 is 39.0. The topological polar surface area (TPSA) is 214 Å². The van der Waals surface area contributed by atoms with E-state index in [2.05, 4.69) is 6.92 Å². The highest BCUT2D eigenvalue weighted by Gasteiger charge is 2.61. The van der Waals surface area contributed by atoms with Crippen LogP contribution < -0.4 is 0 Å². The van der Waals surface area contributed by atoms with E-state index in [-0.39, 0.29) is 12.8 Å². The standard InChI is InChI=1S/C32H54O15/c1-7-18(3)11-9-13-24(36)44-28-26(38)22(15-33)43-31(29(28)45-25(37)14-10-12-19(4)8-2)47-32(17-42-21(6)35)30(40)27(39)23(46-32)16-41-20(5)34/h18-19,22-23,26-31,33,38-40H,7-17H2,1-6H3/t18?,19?,22-,23-,26-,27-,28+,29-,30+,31-,32+/m1/s1. The summed E-state index contributed by atoms with van der Waals surface area (Å²) in [5.41, 5.74) is 0. The third kappa shape index (κ3) is 12.2. The SMILES string of the molecule is CCC(C)CCCC(=O)O[C@H]1[C@@H](O[C@]2(COC(C)=O)O[C@H](COC(C)=O)[C@@H](O)[C@@H]2O)O[C@H](CO)[C@@H](O)[C@@H]1OC(=O)CCCC(C)CC. The first kappa shape index (κ1) is 40.8. The van der Waals surface area contributed by atoms with E-state index in [4.69, 9.17) is 33.2 Å². The number of carbonyl (C=O) groups excluding carboxylic acids is 4. The minimum Gasteiger partial charge on any atom is -0.463 e. The van der Waals surface area contributed by atoms with Crippen LogP contribution in [0.4, 0.5) is 0 Å². The lowest BCUT2D eigenvalue weighted by atomic mass is 9.97. The van der Waals surface area contributed by atoms with Crippen molar-refractivity contribution >= 4 is 23.9 Å². The largest absolute Gasteiger partial charge is 0.463 e. The third-order valence-electron chi connectivity index (χ3n) is 8.63. The zero-order valence-corrected chi connectivity index (χ0v) is 28.3. The Morgan fingerprint density at radius 2 is 1.32 bits per heavy atom. The van der Waals surface area contributed by atoms with Crippen molar-refractivity contribution in [2.24, 2.45) is 11.8 Å². The lowest BCUT2D eigenvalue weighted by Gasteiger charge is -2.45. The fourth-order valence-corrected chi connectivity index (χ4v) is 5.26. The van der Waals surface area contributed by atoms with Crippen molar-refractivity contribution in [2.45, 2.75) is 148 Å². The molecule has 2 aliphatic rings. The Balaban J connectivity index is 2.44. The molecule has 0 spiro atoms. The number of carbonyl (C=O) groups is 4. The monoisotopic (exact) mass is 678 g/mol. The van der Waals surface area contributed by atoms with Crippen molar-refractivity contribution in [1.82, 2.24) is 0 Å². The molecular formula is C32H54O15. The van der Waals surface area contributed by atoms with Crippen molar-refractivity contribution in [3.63, 3.8) is 0 Å². The molecule has 2 aliphatic heterocycles. The third-order valence-corrected chi connectivity index (χ3v) is 8.63. The van der Waals surface area contributed by atoms with Crippen LogP contribution in [0.3, 0.4) is 0 Å². The molecule has 4 N–H and O–H groups in total. The minimum absolute atomic E-state index is 0.00153. The number of hydrogen-bond donors (Lipinski definition) is 4. The van der Waals surface area contributed by atoms with Crippen LogP contribution >= 0.6 is 0 Å². The summed E-state index contributed by atoms with van der Waals surface area (Å²) in [7, 11) is 0. The molecule has 0 saturated carbocycles. The zero-order valence-electron chi connectivity index (χ0n) is 28.3. The highest BCUT2D eigenvalue weighted by molar-refractivity contribution is 5.71. The molecule has 0 aromatic carbocycles. The van der Waals surface area contributed by atoms with Crippen LogP contribution in [0, 0.1) is 11.8 Å². The molecule has 2 heterocycles. The van der Waals surface area contributed by atoms with E-state index in [0.29, 0.717) is 24.7 Å². The van der Waals surface area contributed by atoms with Crippen LogP contribution in [-0.4, -0.2) is 119 Å². The summed E-state index contributed by atoms with van der Waals surface area (Å²) in [6, 6.07) is 0. The molecule has 0 aromatic rings. The van der Waals surface area contributed by atoms with Crippen molar-refractivity contribution in [2.75, 3.05) is 19.8 Å². The van der Waals surface area contributed by atoms with Gasteiger partial charge in [0.25, 0.3) is 0 Å². The predicted octanol–water partition coefficient (Wildman–Crippen LogP) is 1.28. The fourth-order valence-electron chi connectivity index (χ4n) is 5.26. The first-order valence-electron chi connectivity index (χ1n) is 16.5. The van der Waals surface area contributed by atoms with E-state index in [1.54, 1.807) is 0 Å². The van der Waals surface area contributed by atoms with Gasteiger partial charge in [-0.05, 0) is 24.7 Å². The molecule has 0 radical (unpaired) electrons. The fraction of sp³-hybridized carbons (Fsp3) is 0.875. The van der Waals surface area contributed by atoms with Gasteiger partial charge in [0, 0.05) is 26.7 Å². The second-order valence-corrected chi connectivity index (χ2v) is 12.5. The second-order valence-electron chi connectivity index (χ2n) is 12.5.